The predicted molar refractivity (Wildman–Crippen MR) is 112 cm³/mol. The Bertz CT molecular complexity index is 1310. The summed E-state index contributed by atoms with van der Waals surface area (Å²) in [5.74, 6) is -3.88. The van der Waals surface area contributed by atoms with Gasteiger partial charge in [0.2, 0.25) is 11.8 Å². The largest absolute Gasteiger partial charge is 0.464 e. The molecule has 1 fully saturated rings. The first-order valence-corrected chi connectivity index (χ1v) is 10.6. The van der Waals surface area contributed by atoms with Crippen molar-refractivity contribution in [3.63, 3.8) is 0 Å². The van der Waals surface area contributed by atoms with Gasteiger partial charge in [0.25, 0.3) is 5.91 Å². The van der Waals surface area contributed by atoms with Crippen molar-refractivity contribution in [3.05, 3.63) is 46.1 Å². The zero-order valence-corrected chi connectivity index (χ0v) is 18.6. The van der Waals surface area contributed by atoms with E-state index >= 15 is 4.39 Å². The van der Waals surface area contributed by atoms with E-state index in [2.05, 4.69) is 20.4 Å². The summed E-state index contributed by atoms with van der Waals surface area (Å²) < 4.78 is 62.7. The summed E-state index contributed by atoms with van der Waals surface area (Å²) in [4.78, 5) is 33.3. The highest BCUT2D eigenvalue weighted by Crippen LogP contribution is 2.37. The second-order valence-electron chi connectivity index (χ2n) is 7.80. The van der Waals surface area contributed by atoms with Crippen LogP contribution in [0.1, 0.15) is 48.9 Å². The summed E-state index contributed by atoms with van der Waals surface area (Å²) in [6.07, 6.45) is -2.42. The zero-order chi connectivity index (χ0) is 25.5. The molecule has 0 saturated heterocycles. The van der Waals surface area contributed by atoms with E-state index in [-0.39, 0.29) is 24.4 Å². The fourth-order valence-corrected chi connectivity index (χ4v) is 3.33. The van der Waals surface area contributed by atoms with Gasteiger partial charge in [0.1, 0.15) is 12.2 Å². The first-order chi connectivity index (χ1) is 16.5. The van der Waals surface area contributed by atoms with Gasteiger partial charge in [-0.3, -0.25) is 14.7 Å². The number of aliphatic hydroxyl groups excluding tert-OH is 1. The molecule has 1 aliphatic carbocycles. The molecule has 188 valence electrons. The number of pyridine rings is 1. The van der Waals surface area contributed by atoms with E-state index in [4.69, 9.17) is 4.74 Å². The van der Waals surface area contributed by atoms with Gasteiger partial charge in [-0.2, -0.15) is 22.8 Å². The zero-order valence-electron chi connectivity index (χ0n) is 18.6. The quantitative estimate of drug-likeness (QED) is 0.455. The number of hydrogen-bond acceptors (Lipinski definition) is 7. The molecular weight excluding hydrogens is 478 g/mol. The summed E-state index contributed by atoms with van der Waals surface area (Å²) >= 11 is 0. The number of rotatable bonds is 8. The normalized spacial score (nSPS) is 14.7. The number of ether oxygens (including phenoxy) is 1. The van der Waals surface area contributed by atoms with Crippen LogP contribution < -0.4 is 15.7 Å². The van der Waals surface area contributed by atoms with Gasteiger partial charge in [0.15, 0.2) is 23.6 Å². The Morgan fingerprint density at radius 1 is 1.37 bits per heavy atom. The van der Waals surface area contributed by atoms with E-state index in [1.807, 2.05) is 0 Å². The molecule has 0 bridgehead atoms. The maximum Gasteiger partial charge on any atom is 0.425 e. The van der Waals surface area contributed by atoms with Crippen LogP contribution in [0.2, 0.25) is 0 Å². The van der Waals surface area contributed by atoms with Crippen molar-refractivity contribution in [2.24, 2.45) is 0 Å². The second kappa shape index (κ2) is 9.13. The highest BCUT2D eigenvalue weighted by molar-refractivity contribution is 6.05. The summed E-state index contributed by atoms with van der Waals surface area (Å²) in [5.41, 5.74) is -1.53. The van der Waals surface area contributed by atoms with E-state index in [0.717, 1.165) is 17.4 Å². The average molecular weight is 499 g/mol. The molecule has 3 aromatic rings. The van der Waals surface area contributed by atoms with Crippen LogP contribution in [-0.4, -0.2) is 52.2 Å². The van der Waals surface area contributed by atoms with E-state index in [1.165, 1.54) is 6.20 Å². The van der Waals surface area contributed by atoms with Crippen molar-refractivity contribution in [3.8, 4) is 11.7 Å². The molecule has 0 spiro atoms. The van der Waals surface area contributed by atoms with E-state index in [9.17, 15) is 27.9 Å². The molecule has 1 aliphatic rings. The van der Waals surface area contributed by atoms with Gasteiger partial charge in [-0.05, 0) is 32.8 Å². The van der Waals surface area contributed by atoms with E-state index in [1.54, 1.807) is 17.7 Å². The van der Waals surface area contributed by atoms with Crippen molar-refractivity contribution < 1.29 is 32.2 Å². The molecule has 0 unspecified atom stereocenters. The highest BCUT2D eigenvalue weighted by atomic mass is 19.4. The molecule has 35 heavy (non-hydrogen) atoms. The Morgan fingerprint density at radius 2 is 2.09 bits per heavy atom. The molecule has 1 atom stereocenters. The maximum absolute atomic E-state index is 15.1. The molecule has 15 heteroatoms. The first kappa shape index (κ1) is 24.4. The van der Waals surface area contributed by atoms with Crippen LogP contribution in [0, 0.1) is 5.82 Å². The molecule has 0 aromatic carbocycles. The molecule has 1 saturated carbocycles. The lowest BCUT2D eigenvalue weighted by atomic mass is 10.2. The van der Waals surface area contributed by atoms with Crippen LogP contribution >= 0.6 is 0 Å². The van der Waals surface area contributed by atoms with Crippen LogP contribution in [0.4, 0.5) is 23.5 Å². The Kier molecular flexibility index (Phi) is 6.36. The van der Waals surface area contributed by atoms with Gasteiger partial charge in [0, 0.05) is 25.0 Å². The molecule has 3 aromatic heterocycles. The Balaban J connectivity index is 1.78. The fraction of sp³-hybridized carbons (Fsp3) is 0.450. The van der Waals surface area contributed by atoms with Crippen molar-refractivity contribution in [2.75, 3.05) is 5.32 Å². The summed E-state index contributed by atoms with van der Waals surface area (Å²) in [6.45, 7) is 1.70. The molecule has 4 rings (SSSR count). The maximum atomic E-state index is 15.1. The standard InChI is InChI=1S/C20H21F4N7O4/c1-3-29-14(9-32)28-31(19(29)34)15-13(21)8-12(17(26-15)35-10(2)20(22,23)24)16(33)27-18-25-6-7-30(18)11-4-5-11/h6-8,10-11,32H,3-5,9H2,1-2H3,(H,25,27,33)/t10-/m0/s1. The minimum absolute atomic E-state index is 0.0823. The third kappa shape index (κ3) is 4.76. The second-order valence-corrected chi connectivity index (χ2v) is 7.80. The monoisotopic (exact) mass is 499 g/mol. The lowest BCUT2D eigenvalue weighted by molar-refractivity contribution is -0.190. The van der Waals surface area contributed by atoms with Gasteiger partial charge in [0.05, 0.1) is 0 Å². The van der Waals surface area contributed by atoms with Gasteiger partial charge < -0.3 is 14.4 Å². The van der Waals surface area contributed by atoms with Crippen molar-refractivity contribution in [1.82, 2.24) is 28.9 Å². The number of amides is 1. The number of carbonyl (C=O) groups excluding carboxylic acids is 1. The number of hydrogen-bond donors (Lipinski definition) is 2. The number of nitrogens with zero attached hydrogens (tertiary/aromatic N) is 6. The third-order valence-electron chi connectivity index (χ3n) is 5.35. The van der Waals surface area contributed by atoms with Crippen LogP contribution in [0.3, 0.4) is 0 Å². The Labute approximate surface area is 195 Å². The molecule has 0 aliphatic heterocycles. The number of aliphatic hydroxyl groups is 1. The summed E-state index contributed by atoms with van der Waals surface area (Å²) in [6, 6.07) is 0.739. The summed E-state index contributed by atoms with van der Waals surface area (Å²) in [7, 11) is 0. The first-order valence-electron chi connectivity index (χ1n) is 10.6. The topological polar surface area (TPSA) is 129 Å². The van der Waals surface area contributed by atoms with Gasteiger partial charge in [-0.1, -0.05) is 0 Å². The van der Waals surface area contributed by atoms with Crippen LogP contribution in [0.15, 0.2) is 23.3 Å². The average Bonchev–Trinajstić information content (AvgIpc) is 3.46. The molecule has 1 amide bonds. The smallest absolute Gasteiger partial charge is 0.425 e. The van der Waals surface area contributed by atoms with Gasteiger partial charge in [-0.25, -0.2) is 14.2 Å². The molecule has 11 nitrogen and oxygen atoms in total. The minimum Gasteiger partial charge on any atom is -0.464 e. The number of aromatic nitrogens is 6. The van der Waals surface area contributed by atoms with Crippen LogP contribution in [0.25, 0.3) is 5.82 Å². The number of carbonyl (C=O) groups is 1. The highest BCUT2D eigenvalue weighted by Gasteiger charge is 2.39. The minimum atomic E-state index is -4.82. The van der Waals surface area contributed by atoms with Gasteiger partial charge in [-0.15, -0.1) is 5.10 Å². The van der Waals surface area contributed by atoms with Crippen LogP contribution in [0.5, 0.6) is 5.88 Å². The molecule has 3 heterocycles. The van der Waals surface area contributed by atoms with Crippen molar-refractivity contribution in [2.45, 2.75) is 58.2 Å². The number of alkyl halides is 3. The molecule has 0 radical (unpaired) electrons. The lowest BCUT2D eigenvalue weighted by Crippen LogP contribution is -2.33. The lowest BCUT2D eigenvalue weighted by Gasteiger charge is -2.19. The predicted octanol–water partition coefficient (Wildman–Crippen LogP) is 2.19. The number of halogens is 4. The Morgan fingerprint density at radius 3 is 2.66 bits per heavy atom. The third-order valence-corrected chi connectivity index (χ3v) is 5.35. The van der Waals surface area contributed by atoms with E-state index in [0.29, 0.717) is 17.7 Å². The number of anilines is 1. The van der Waals surface area contributed by atoms with Crippen molar-refractivity contribution in [1.29, 1.82) is 0 Å². The molecule has 2 N–H and O–H groups in total. The van der Waals surface area contributed by atoms with Crippen LogP contribution in [-0.2, 0) is 13.2 Å². The van der Waals surface area contributed by atoms with Crippen molar-refractivity contribution >= 4 is 11.9 Å². The number of imidazole rings is 1. The Hall–Kier alpha value is -3.75. The summed E-state index contributed by atoms with van der Waals surface area (Å²) in [5, 5.41) is 15.6. The van der Waals surface area contributed by atoms with E-state index < -0.39 is 53.6 Å². The molecular formula is C20H21F4N7O4. The fourth-order valence-electron chi connectivity index (χ4n) is 3.33. The number of nitrogens with one attached hydrogen (secondary N) is 1. The SMILES string of the molecule is CCn1c(CO)nn(-c2nc(O[C@@H](C)C(F)(F)F)c(C(=O)Nc3nccn3C3CC3)cc2F)c1=O. The van der Waals surface area contributed by atoms with Gasteiger partial charge >= 0.3 is 11.9 Å².